The number of benzene rings is 1. The zero-order valence-electron chi connectivity index (χ0n) is 13.9. The first-order chi connectivity index (χ1) is 12.1. The molecule has 0 unspecified atom stereocenters. The zero-order valence-corrected chi connectivity index (χ0v) is 13.9. The number of hydrogen-bond acceptors (Lipinski definition) is 8. The smallest absolute Gasteiger partial charge is 0.306 e. The average Bonchev–Trinajstić information content (AvgIpc) is 3.04. The minimum absolute atomic E-state index is 0.00726. The zero-order chi connectivity index (χ0) is 18.1. The Labute approximate surface area is 144 Å². The van der Waals surface area contributed by atoms with E-state index in [0.29, 0.717) is 31.0 Å². The van der Waals surface area contributed by atoms with Crippen LogP contribution in [0.25, 0.3) is 0 Å². The van der Waals surface area contributed by atoms with Crippen LogP contribution in [-0.4, -0.2) is 37.6 Å². The second kappa shape index (κ2) is 9.30. The van der Waals surface area contributed by atoms with Crippen LogP contribution < -0.4 is 5.32 Å². The lowest BCUT2D eigenvalue weighted by molar-refractivity contribution is -0.384. The molecule has 0 aliphatic heterocycles. The van der Waals surface area contributed by atoms with E-state index in [1.807, 2.05) is 6.92 Å². The first-order valence-electron chi connectivity index (χ1n) is 7.99. The Morgan fingerprint density at radius 1 is 1.40 bits per heavy atom. The molecule has 0 radical (unpaired) electrons. The number of aromatic nitrogens is 4. The van der Waals surface area contributed by atoms with Gasteiger partial charge in [-0.05, 0) is 29.3 Å². The first kappa shape index (κ1) is 18.3. The number of tetrazole rings is 1. The molecule has 1 aromatic carbocycles. The van der Waals surface area contributed by atoms with Crippen LogP contribution in [0.3, 0.4) is 0 Å². The molecule has 0 saturated carbocycles. The van der Waals surface area contributed by atoms with E-state index >= 15 is 0 Å². The van der Waals surface area contributed by atoms with Gasteiger partial charge >= 0.3 is 5.97 Å². The van der Waals surface area contributed by atoms with E-state index in [9.17, 15) is 14.9 Å². The molecular weight excluding hydrogens is 328 g/mol. The number of hydrogen-bond donors (Lipinski definition) is 1. The molecule has 25 heavy (non-hydrogen) atoms. The number of nitro benzene ring substituents is 1. The number of nitrogens with one attached hydrogen (secondary N) is 1. The number of aryl methyl sites for hydroxylation is 1. The van der Waals surface area contributed by atoms with E-state index in [2.05, 4.69) is 20.8 Å². The van der Waals surface area contributed by atoms with Crippen molar-refractivity contribution in [3.8, 4) is 0 Å². The number of ether oxygens (including phenoxy) is 1. The summed E-state index contributed by atoms with van der Waals surface area (Å²) in [5.41, 5.74) is 0.437. The van der Waals surface area contributed by atoms with Crippen molar-refractivity contribution in [3.63, 3.8) is 0 Å². The molecule has 134 valence electrons. The molecule has 0 atom stereocenters. The molecule has 1 N–H and O–H groups in total. The van der Waals surface area contributed by atoms with Crippen molar-refractivity contribution in [2.45, 2.75) is 39.3 Å². The van der Waals surface area contributed by atoms with Crippen LogP contribution in [0.2, 0.25) is 0 Å². The third kappa shape index (κ3) is 5.52. The van der Waals surface area contributed by atoms with Gasteiger partial charge in [0.1, 0.15) is 5.69 Å². The van der Waals surface area contributed by atoms with Gasteiger partial charge in [0.15, 0.2) is 12.4 Å². The van der Waals surface area contributed by atoms with Crippen molar-refractivity contribution in [1.82, 2.24) is 20.2 Å². The van der Waals surface area contributed by atoms with Gasteiger partial charge in [-0.15, -0.1) is 5.10 Å². The summed E-state index contributed by atoms with van der Waals surface area (Å²) in [6, 6.07) is 6.37. The molecule has 0 aliphatic carbocycles. The summed E-state index contributed by atoms with van der Waals surface area (Å²) in [5.74, 6) is 0.142. The van der Waals surface area contributed by atoms with Gasteiger partial charge in [-0.3, -0.25) is 14.9 Å². The molecular formula is C15H20N6O4. The van der Waals surface area contributed by atoms with Crippen molar-refractivity contribution in [2.75, 3.05) is 11.9 Å². The van der Waals surface area contributed by atoms with Crippen LogP contribution in [0.4, 0.5) is 11.4 Å². The fourth-order valence-corrected chi connectivity index (χ4v) is 2.17. The highest BCUT2D eigenvalue weighted by Gasteiger charge is 2.12. The Balaban J connectivity index is 1.71. The molecule has 10 nitrogen and oxygen atoms in total. The normalized spacial score (nSPS) is 10.4. The minimum Gasteiger partial charge on any atom is -0.457 e. The lowest BCUT2D eigenvalue weighted by Gasteiger charge is -2.07. The van der Waals surface area contributed by atoms with E-state index < -0.39 is 4.92 Å². The number of carbonyl (C=O) groups is 1. The van der Waals surface area contributed by atoms with Crippen LogP contribution in [0, 0.1) is 10.1 Å². The average molecular weight is 348 g/mol. The Morgan fingerprint density at radius 2 is 2.20 bits per heavy atom. The molecule has 2 rings (SSSR count). The Bertz CT molecular complexity index is 718. The molecule has 10 heteroatoms. The van der Waals surface area contributed by atoms with Crippen LogP contribution in [-0.2, 0) is 22.7 Å². The standard InChI is InChI=1S/C15H20N6O4/c1-2-10-20-14(17-18-19-20)11-25-15(22)8-5-9-16-12-6-3-4-7-13(12)21(23)24/h3-4,6-7,16H,2,5,8-11H2,1H3. The largest absolute Gasteiger partial charge is 0.457 e. The second-order valence-corrected chi connectivity index (χ2v) is 5.28. The maximum absolute atomic E-state index is 11.8. The Kier molecular flexibility index (Phi) is 6.81. The van der Waals surface area contributed by atoms with Gasteiger partial charge in [0, 0.05) is 25.6 Å². The van der Waals surface area contributed by atoms with E-state index in [4.69, 9.17) is 4.74 Å². The number of carbonyl (C=O) groups excluding carboxylic acids is 1. The maximum Gasteiger partial charge on any atom is 0.306 e. The highest BCUT2D eigenvalue weighted by Crippen LogP contribution is 2.22. The fourth-order valence-electron chi connectivity index (χ4n) is 2.17. The molecule has 0 amide bonds. The lowest BCUT2D eigenvalue weighted by Crippen LogP contribution is -2.12. The summed E-state index contributed by atoms with van der Waals surface area (Å²) in [6.07, 6.45) is 1.57. The predicted octanol–water partition coefficient (Wildman–Crippen LogP) is 1.93. The Morgan fingerprint density at radius 3 is 2.96 bits per heavy atom. The highest BCUT2D eigenvalue weighted by molar-refractivity contribution is 5.69. The van der Waals surface area contributed by atoms with Gasteiger partial charge in [0.05, 0.1) is 4.92 Å². The van der Waals surface area contributed by atoms with Crippen LogP contribution in [0.1, 0.15) is 32.0 Å². The quantitative estimate of drug-likeness (QED) is 0.299. The van der Waals surface area contributed by atoms with Crippen molar-refractivity contribution in [2.24, 2.45) is 0 Å². The van der Waals surface area contributed by atoms with Gasteiger partial charge in [0.2, 0.25) is 0 Å². The van der Waals surface area contributed by atoms with Crippen LogP contribution in [0.15, 0.2) is 24.3 Å². The lowest BCUT2D eigenvalue weighted by atomic mass is 10.2. The molecule has 0 saturated heterocycles. The number of para-hydroxylation sites is 2. The first-order valence-corrected chi connectivity index (χ1v) is 7.99. The van der Waals surface area contributed by atoms with Crippen molar-refractivity contribution < 1.29 is 14.5 Å². The van der Waals surface area contributed by atoms with Gasteiger partial charge in [-0.1, -0.05) is 19.1 Å². The number of rotatable bonds is 10. The summed E-state index contributed by atoms with van der Waals surface area (Å²) in [5, 5.41) is 25.1. The van der Waals surface area contributed by atoms with Gasteiger partial charge in [0.25, 0.3) is 5.69 Å². The SMILES string of the molecule is CCCn1nnnc1COC(=O)CCCNc1ccccc1[N+](=O)[O-]. The molecule has 0 bridgehead atoms. The number of nitro groups is 1. The van der Waals surface area contributed by atoms with E-state index in [1.54, 1.807) is 22.9 Å². The van der Waals surface area contributed by atoms with Crippen LogP contribution >= 0.6 is 0 Å². The highest BCUT2D eigenvalue weighted by atomic mass is 16.6. The molecule has 0 spiro atoms. The fraction of sp³-hybridized carbons (Fsp3) is 0.467. The van der Waals surface area contributed by atoms with E-state index in [0.717, 1.165) is 6.42 Å². The third-order valence-electron chi connectivity index (χ3n) is 3.38. The molecule has 0 aliphatic rings. The number of anilines is 1. The monoisotopic (exact) mass is 348 g/mol. The van der Waals surface area contributed by atoms with Crippen molar-refractivity contribution >= 4 is 17.3 Å². The molecule has 1 aromatic heterocycles. The predicted molar refractivity (Wildman–Crippen MR) is 88.7 cm³/mol. The summed E-state index contributed by atoms with van der Waals surface area (Å²) in [6.45, 7) is 3.12. The summed E-state index contributed by atoms with van der Waals surface area (Å²) < 4.78 is 6.75. The summed E-state index contributed by atoms with van der Waals surface area (Å²) in [7, 11) is 0. The van der Waals surface area contributed by atoms with Gasteiger partial charge in [-0.2, -0.15) is 0 Å². The van der Waals surface area contributed by atoms with Gasteiger partial charge in [-0.25, -0.2) is 4.68 Å². The van der Waals surface area contributed by atoms with E-state index in [-0.39, 0.29) is 24.7 Å². The maximum atomic E-state index is 11.8. The number of nitrogens with zero attached hydrogens (tertiary/aromatic N) is 5. The topological polar surface area (TPSA) is 125 Å². The summed E-state index contributed by atoms with van der Waals surface area (Å²) >= 11 is 0. The third-order valence-corrected chi connectivity index (χ3v) is 3.38. The van der Waals surface area contributed by atoms with E-state index in [1.165, 1.54) is 6.07 Å². The van der Waals surface area contributed by atoms with Crippen molar-refractivity contribution in [3.05, 3.63) is 40.2 Å². The molecule has 1 heterocycles. The summed E-state index contributed by atoms with van der Waals surface area (Å²) in [4.78, 5) is 22.2. The number of esters is 1. The van der Waals surface area contributed by atoms with Gasteiger partial charge < -0.3 is 10.1 Å². The Hall–Kier alpha value is -3.04. The second-order valence-electron chi connectivity index (χ2n) is 5.28. The van der Waals surface area contributed by atoms with Crippen molar-refractivity contribution in [1.29, 1.82) is 0 Å². The minimum atomic E-state index is -0.447. The van der Waals surface area contributed by atoms with Crippen LogP contribution in [0.5, 0.6) is 0 Å². The molecule has 2 aromatic rings. The molecule has 0 fully saturated rings.